The van der Waals surface area contributed by atoms with Crippen LogP contribution >= 0.6 is 0 Å². The highest BCUT2D eigenvalue weighted by Crippen LogP contribution is 2.16. The second-order valence-electron chi connectivity index (χ2n) is 11.5. The van der Waals surface area contributed by atoms with Gasteiger partial charge in [0.2, 0.25) is 0 Å². The number of nitrogens with one attached hydrogen (secondary N) is 1. The van der Waals surface area contributed by atoms with Gasteiger partial charge in [-0.05, 0) is 46.4 Å². The summed E-state index contributed by atoms with van der Waals surface area (Å²) in [5, 5.41) is 3.92. The zero-order valence-electron chi connectivity index (χ0n) is 24.6. The van der Waals surface area contributed by atoms with Gasteiger partial charge < -0.3 is 10.2 Å². The molecule has 0 amide bonds. The van der Waals surface area contributed by atoms with Crippen molar-refractivity contribution < 1.29 is 0 Å². The van der Waals surface area contributed by atoms with Crippen molar-refractivity contribution in [2.45, 2.75) is 180 Å². The summed E-state index contributed by atoms with van der Waals surface area (Å²) in [5.41, 5.74) is 0. The summed E-state index contributed by atoms with van der Waals surface area (Å²) >= 11 is 0. The molecule has 0 aromatic rings. The van der Waals surface area contributed by atoms with Crippen molar-refractivity contribution in [3.05, 3.63) is 0 Å². The first-order chi connectivity index (χ1) is 16.7. The molecule has 0 aliphatic carbocycles. The van der Waals surface area contributed by atoms with Crippen LogP contribution in [0.25, 0.3) is 0 Å². The smallest absolute Gasteiger partial charge is 0.00670 e. The molecule has 34 heavy (non-hydrogen) atoms. The molecule has 0 bridgehead atoms. The summed E-state index contributed by atoms with van der Waals surface area (Å²) in [5.74, 6) is 0. The molecule has 2 nitrogen and oxygen atoms in total. The molecule has 0 aliphatic rings. The minimum absolute atomic E-state index is 0.763. The third-order valence-corrected chi connectivity index (χ3v) is 7.53. The number of unbranched alkanes of at least 4 members (excludes halogenated alkanes) is 20. The largest absolute Gasteiger partial charge is 0.314 e. The Balaban J connectivity index is 3.75. The Morgan fingerprint density at radius 2 is 0.765 bits per heavy atom. The highest BCUT2D eigenvalue weighted by Gasteiger charge is 2.08. The van der Waals surface area contributed by atoms with Gasteiger partial charge in [0, 0.05) is 6.04 Å². The van der Waals surface area contributed by atoms with Crippen molar-refractivity contribution in [2.75, 3.05) is 27.2 Å². The highest BCUT2D eigenvalue weighted by molar-refractivity contribution is 4.68. The summed E-state index contributed by atoms with van der Waals surface area (Å²) < 4.78 is 0. The van der Waals surface area contributed by atoms with Gasteiger partial charge in [-0.25, -0.2) is 0 Å². The van der Waals surface area contributed by atoms with E-state index in [9.17, 15) is 0 Å². The lowest BCUT2D eigenvalue weighted by molar-refractivity contribution is 0.368. The van der Waals surface area contributed by atoms with Crippen LogP contribution in [0.15, 0.2) is 0 Å². The summed E-state index contributed by atoms with van der Waals surface area (Å²) in [6, 6.07) is 0.763. The van der Waals surface area contributed by atoms with Gasteiger partial charge >= 0.3 is 0 Å². The molecule has 0 spiro atoms. The van der Waals surface area contributed by atoms with Gasteiger partial charge in [-0.15, -0.1) is 0 Å². The summed E-state index contributed by atoms with van der Waals surface area (Å²) in [7, 11) is 4.38. The van der Waals surface area contributed by atoms with Crippen LogP contribution in [0.5, 0.6) is 0 Å². The topological polar surface area (TPSA) is 15.3 Å². The lowest BCUT2D eigenvalue weighted by atomic mass is 9.99. The van der Waals surface area contributed by atoms with Crippen LogP contribution in [-0.2, 0) is 0 Å². The van der Waals surface area contributed by atoms with Crippen LogP contribution in [0.1, 0.15) is 174 Å². The molecule has 0 rings (SSSR count). The minimum atomic E-state index is 0.763. The van der Waals surface area contributed by atoms with Crippen molar-refractivity contribution in [2.24, 2.45) is 0 Å². The van der Waals surface area contributed by atoms with Crippen molar-refractivity contribution in [1.29, 1.82) is 0 Å². The Labute approximate surface area is 217 Å². The maximum atomic E-state index is 3.92. The maximum Gasteiger partial charge on any atom is 0.00670 e. The van der Waals surface area contributed by atoms with E-state index in [1.807, 2.05) is 0 Å². The van der Waals surface area contributed by atoms with Crippen LogP contribution < -0.4 is 5.32 Å². The predicted octanol–water partition coefficient (Wildman–Crippen LogP) is 10.3. The monoisotopic (exact) mass is 481 g/mol. The van der Waals surface area contributed by atoms with Crippen LogP contribution in [-0.4, -0.2) is 38.1 Å². The Hall–Kier alpha value is -0.0800. The molecule has 0 unspecified atom stereocenters. The minimum Gasteiger partial charge on any atom is -0.314 e. The van der Waals surface area contributed by atoms with Gasteiger partial charge in [0.1, 0.15) is 0 Å². The Bertz CT molecular complexity index is 329. The fourth-order valence-electron chi connectivity index (χ4n) is 5.16. The van der Waals surface area contributed by atoms with Crippen molar-refractivity contribution in [3.63, 3.8) is 0 Å². The van der Waals surface area contributed by atoms with E-state index >= 15 is 0 Å². The van der Waals surface area contributed by atoms with E-state index in [4.69, 9.17) is 0 Å². The number of hydrogen-bond acceptors (Lipinski definition) is 2. The van der Waals surface area contributed by atoms with Gasteiger partial charge in [-0.3, -0.25) is 0 Å². The lowest BCUT2D eigenvalue weighted by Gasteiger charge is -2.20. The predicted molar refractivity (Wildman–Crippen MR) is 157 cm³/mol. The molecule has 0 atom stereocenters. The molecular formula is C32H68N2. The first kappa shape index (κ1) is 33.9. The van der Waals surface area contributed by atoms with Gasteiger partial charge in [-0.1, -0.05) is 155 Å². The molecule has 0 aromatic heterocycles. The molecule has 0 heterocycles. The van der Waals surface area contributed by atoms with Gasteiger partial charge in [0.05, 0.1) is 0 Å². The quantitative estimate of drug-likeness (QED) is 0.107. The zero-order chi connectivity index (χ0) is 25.0. The fraction of sp³-hybridized carbons (Fsp3) is 1.00. The van der Waals surface area contributed by atoms with Crippen LogP contribution in [0.4, 0.5) is 0 Å². The molecule has 2 heteroatoms. The third kappa shape index (κ3) is 28.2. The molecule has 0 saturated heterocycles. The lowest BCUT2D eigenvalue weighted by Crippen LogP contribution is -2.31. The van der Waals surface area contributed by atoms with E-state index in [1.165, 1.54) is 174 Å². The molecule has 0 saturated carbocycles. The molecule has 0 fully saturated rings. The Morgan fingerprint density at radius 1 is 0.441 bits per heavy atom. The van der Waals surface area contributed by atoms with E-state index in [1.54, 1.807) is 0 Å². The summed E-state index contributed by atoms with van der Waals surface area (Å²) in [6.45, 7) is 7.01. The Kier molecular flexibility index (Phi) is 29.1. The second kappa shape index (κ2) is 29.2. The van der Waals surface area contributed by atoms with Gasteiger partial charge in [0.25, 0.3) is 0 Å². The van der Waals surface area contributed by atoms with Crippen molar-refractivity contribution in [1.82, 2.24) is 10.2 Å². The molecule has 0 radical (unpaired) electrons. The fourth-order valence-corrected chi connectivity index (χ4v) is 5.16. The average molecular weight is 481 g/mol. The summed E-state index contributed by atoms with van der Waals surface area (Å²) in [4.78, 5) is 2.31. The SMILES string of the molecule is CCCCCCCCCCCCCC(CCCCCCCCCCCCC)NCCCN(C)C. The third-order valence-electron chi connectivity index (χ3n) is 7.53. The number of nitrogens with zero attached hydrogens (tertiary/aromatic N) is 1. The van der Waals surface area contributed by atoms with E-state index in [0.29, 0.717) is 0 Å². The van der Waals surface area contributed by atoms with Crippen molar-refractivity contribution >= 4 is 0 Å². The van der Waals surface area contributed by atoms with Crippen molar-refractivity contribution in [3.8, 4) is 0 Å². The normalized spacial score (nSPS) is 11.8. The highest BCUT2D eigenvalue weighted by atomic mass is 15.1. The second-order valence-corrected chi connectivity index (χ2v) is 11.5. The van der Waals surface area contributed by atoms with E-state index in [-0.39, 0.29) is 0 Å². The maximum absolute atomic E-state index is 3.92. The molecule has 206 valence electrons. The Morgan fingerprint density at radius 3 is 1.09 bits per heavy atom. The molecule has 0 aliphatic heterocycles. The molecular weight excluding hydrogens is 412 g/mol. The van der Waals surface area contributed by atoms with Crippen LogP contribution in [0, 0.1) is 0 Å². The number of rotatable bonds is 29. The first-order valence-electron chi connectivity index (χ1n) is 16.1. The summed E-state index contributed by atoms with van der Waals surface area (Å²) in [6.07, 6.45) is 36.0. The van der Waals surface area contributed by atoms with Crippen LogP contribution in [0.3, 0.4) is 0 Å². The zero-order valence-corrected chi connectivity index (χ0v) is 24.6. The van der Waals surface area contributed by atoms with E-state index < -0.39 is 0 Å². The van der Waals surface area contributed by atoms with E-state index in [2.05, 4.69) is 38.2 Å². The van der Waals surface area contributed by atoms with Gasteiger partial charge in [0.15, 0.2) is 0 Å². The molecule has 0 aromatic carbocycles. The number of hydrogen-bond donors (Lipinski definition) is 1. The standard InChI is InChI=1S/C32H68N2/c1-5-7-9-11-13-15-17-19-21-23-25-28-32(33-30-27-31-34(3)4)29-26-24-22-20-18-16-14-12-10-8-6-2/h32-33H,5-31H2,1-4H3. The molecule has 1 N–H and O–H groups in total. The van der Waals surface area contributed by atoms with Gasteiger partial charge in [-0.2, -0.15) is 0 Å². The first-order valence-corrected chi connectivity index (χ1v) is 16.1. The average Bonchev–Trinajstić information content (AvgIpc) is 2.82. The van der Waals surface area contributed by atoms with Crippen LogP contribution in [0.2, 0.25) is 0 Å². The van der Waals surface area contributed by atoms with E-state index in [0.717, 1.165) is 6.04 Å².